The maximum Gasteiger partial charge on any atom is 0.225 e. The lowest BCUT2D eigenvalue weighted by Gasteiger charge is -2.41. The summed E-state index contributed by atoms with van der Waals surface area (Å²) in [4.78, 5) is 17.4. The maximum absolute atomic E-state index is 13.0. The fraction of sp³-hybridized carbons (Fsp3) is 0.650. The van der Waals surface area contributed by atoms with Crippen molar-refractivity contribution in [2.75, 3.05) is 33.8 Å². The summed E-state index contributed by atoms with van der Waals surface area (Å²) in [6.45, 7) is 4.68. The molecular formula is C20H30N2O2. The number of rotatable bonds is 4. The van der Waals surface area contributed by atoms with Crippen molar-refractivity contribution in [2.24, 2.45) is 11.8 Å². The van der Waals surface area contributed by atoms with Gasteiger partial charge in [0.1, 0.15) is 5.75 Å². The molecule has 1 aliphatic heterocycles. The molecule has 0 bridgehead atoms. The minimum absolute atomic E-state index is 0.168. The van der Waals surface area contributed by atoms with Crippen molar-refractivity contribution in [3.63, 3.8) is 0 Å². The Labute approximate surface area is 145 Å². The Hall–Kier alpha value is -1.55. The Morgan fingerprint density at radius 1 is 1.25 bits per heavy atom. The van der Waals surface area contributed by atoms with Crippen LogP contribution in [-0.2, 0) is 4.79 Å². The van der Waals surface area contributed by atoms with E-state index in [-0.39, 0.29) is 12.0 Å². The molecule has 4 heteroatoms. The van der Waals surface area contributed by atoms with Crippen molar-refractivity contribution in [3.05, 3.63) is 29.8 Å². The van der Waals surface area contributed by atoms with Crippen LogP contribution in [0, 0.1) is 11.8 Å². The van der Waals surface area contributed by atoms with Gasteiger partial charge in [-0.05, 0) is 43.5 Å². The molecule has 2 unspecified atom stereocenters. The Bertz CT molecular complexity index is 569. The summed E-state index contributed by atoms with van der Waals surface area (Å²) in [6.07, 6.45) is 5.02. The predicted molar refractivity (Wildman–Crippen MR) is 96.1 cm³/mol. The Morgan fingerprint density at radius 2 is 2.00 bits per heavy atom. The minimum Gasteiger partial charge on any atom is -0.497 e. The number of methoxy groups -OCH3 is 1. The standard InChI is InChI=1S/C20H30N2O2/c1-15(16-7-4-5-8-16)20(23)22-12-11-21(2)19(14-22)17-9-6-10-18(13-17)24-3/h6,9-10,13,15-16,19H,4-5,7-8,11-12,14H2,1-3H3. The third-order valence-electron chi connectivity index (χ3n) is 5.93. The van der Waals surface area contributed by atoms with Crippen LogP contribution in [-0.4, -0.2) is 49.5 Å². The van der Waals surface area contributed by atoms with Crippen LogP contribution in [0.15, 0.2) is 24.3 Å². The van der Waals surface area contributed by atoms with E-state index >= 15 is 0 Å². The Kier molecular flexibility index (Phi) is 5.44. The van der Waals surface area contributed by atoms with Crippen molar-refractivity contribution >= 4 is 5.91 Å². The SMILES string of the molecule is COc1cccc(C2CN(C(=O)C(C)C3CCCC3)CCN2C)c1. The van der Waals surface area contributed by atoms with Crippen molar-refractivity contribution in [2.45, 2.75) is 38.6 Å². The lowest BCUT2D eigenvalue weighted by Crippen LogP contribution is -2.51. The number of hydrogen-bond acceptors (Lipinski definition) is 3. The van der Waals surface area contributed by atoms with Crippen LogP contribution >= 0.6 is 0 Å². The first-order valence-corrected chi connectivity index (χ1v) is 9.23. The smallest absolute Gasteiger partial charge is 0.225 e. The van der Waals surface area contributed by atoms with Crippen molar-refractivity contribution in [3.8, 4) is 5.75 Å². The first-order valence-electron chi connectivity index (χ1n) is 9.23. The largest absolute Gasteiger partial charge is 0.497 e. The zero-order valence-electron chi connectivity index (χ0n) is 15.2. The minimum atomic E-state index is 0.168. The molecule has 3 rings (SSSR count). The molecule has 0 N–H and O–H groups in total. The van der Waals surface area contributed by atoms with Crippen molar-refractivity contribution in [1.29, 1.82) is 0 Å². The van der Waals surface area contributed by atoms with Gasteiger partial charge in [0.2, 0.25) is 5.91 Å². The second-order valence-electron chi connectivity index (χ2n) is 7.39. The summed E-state index contributed by atoms with van der Waals surface area (Å²) in [5.41, 5.74) is 1.22. The molecule has 24 heavy (non-hydrogen) atoms. The topological polar surface area (TPSA) is 32.8 Å². The first-order chi connectivity index (χ1) is 11.6. The second-order valence-corrected chi connectivity index (χ2v) is 7.39. The number of carbonyl (C=O) groups excluding carboxylic acids is 1. The van der Waals surface area contributed by atoms with Gasteiger partial charge < -0.3 is 9.64 Å². The van der Waals surface area contributed by atoms with E-state index in [4.69, 9.17) is 4.74 Å². The van der Waals surface area contributed by atoms with Gasteiger partial charge >= 0.3 is 0 Å². The summed E-state index contributed by atoms with van der Waals surface area (Å²) >= 11 is 0. The number of piperazine rings is 1. The summed E-state index contributed by atoms with van der Waals surface area (Å²) in [5, 5.41) is 0. The van der Waals surface area contributed by atoms with Gasteiger partial charge in [-0.2, -0.15) is 0 Å². The summed E-state index contributed by atoms with van der Waals surface area (Å²) < 4.78 is 5.36. The molecule has 0 spiro atoms. The van der Waals surface area contributed by atoms with E-state index in [1.165, 1.54) is 31.2 Å². The fourth-order valence-corrected chi connectivity index (χ4v) is 4.23. The van der Waals surface area contributed by atoms with Crippen LogP contribution in [0.5, 0.6) is 5.75 Å². The summed E-state index contributed by atoms with van der Waals surface area (Å²) in [7, 11) is 3.84. The molecular weight excluding hydrogens is 300 g/mol. The highest BCUT2D eigenvalue weighted by atomic mass is 16.5. The van der Waals surface area contributed by atoms with E-state index in [1.807, 2.05) is 12.1 Å². The van der Waals surface area contributed by atoms with E-state index < -0.39 is 0 Å². The molecule has 1 amide bonds. The number of likely N-dealkylation sites (N-methyl/N-ethyl adjacent to an activating group) is 1. The molecule has 0 aromatic heterocycles. The van der Waals surface area contributed by atoms with Gasteiger partial charge in [-0.15, -0.1) is 0 Å². The number of ether oxygens (including phenoxy) is 1. The van der Waals surface area contributed by atoms with E-state index in [0.717, 1.165) is 25.4 Å². The number of benzene rings is 1. The number of nitrogens with zero attached hydrogens (tertiary/aromatic N) is 2. The molecule has 1 aromatic carbocycles. The predicted octanol–water partition coefficient (Wildman–Crippen LogP) is 3.34. The highest BCUT2D eigenvalue weighted by Crippen LogP contribution is 2.33. The highest BCUT2D eigenvalue weighted by Gasteiger charge is 2.34. The number of hydrogen-bond donors (Lipinski definition) is 0. The quantitative estimate of drug-likeness (QED) is 0.849. The van der Waals surface area contributed by atoms with E-state index in [1.54, 1.807) is 7.11 Å². The maximum atomic E-state index is 13.0. The van der Waals surface area contributed by atoms with Crippen LogP contribution in [0.25, 0.3) is 0 Å². The average molecular weight is 330 g/mol. The van der Waals surface area contributed by atoms with Gasteiger partial charge in [-0.1, -0.05) is 31.9 Å². The molecule has 1 heterocycles. The van der Waals surface area contributed by atoms with Gasteiger partial charge in [0.05, 0.1) is 13.2 Å². The van der Waals surface area contributed by atoms with E-state index in [0.29, 0.717) is 11.8 Å². The van der Waals surface area contributed by atoms with Gasteiger partial charge in [-0.3, -0.25) is 9.69 Å². The molecule has 1 aromatic rings. The normalized spacial score (nSPS) is 24.1. The molecule has 2 atom stereocenters. The van der Waals surface area contributed by atoms with Gasteiger partial charge in [0, 0.05) is 25.6 Å². The molecule has 0 radical (unpaired) electrons. The van der Waals surface area contributed by atoms with Crippen molar-refractivity contribution < 1.29 is 9.53 Å². The molecule has 1 aliphatic carbocycles. The molecule has 2 fully saturated rings. The van der Waals surface area contributed by atoms with E-state index in [9.17, 15) is 4.79 Å². The van der Waals surface area contributed by atoms with Crippen LogP contribution < -0.4 is 4.74 Å². The number of amides is 1. The molecule has 1 saturated carbocycles. The Morgan fingerprint density at radius 3 is 2.71 bits per heavy atom. The monoisotopic (exact) mass is 330 g/mol. The summed E-state index contributed by atoms with van der Waals surface area (Å²) in [6, 6.07) is 8.48. The highest BCUT2D eigenvalue weighted by molar-refractivity contribution is 5.79. The van der Waals surface area contributed by atoms with E-state index in [2.05, 4.69) is 35.9 Å². The second kappa shape index (κ2) is 7.56. The zero-order chi connectivity index (χ0) is 17.1. The third kappa shape index (κ3) is 3.59. The van der Waals surface area contributed by atoms with Crippen LogP contribution in [0.3, 0.4) is 0 Å². The lowest BCUT2D eigenvalue weighted by atomic mass is 9.90. The van der Waals surface area contributed by atoms with Crippen LogP contribution in [0.1, 0.15) is 44.2 Å². The van der Waals surface area contributed by atoms with Crippen LogP contribution in [0.2, 0.25) is 0 Å². The first kappa shape index (κ1) is 17.3. The molecule has 2 aliphatic rings. The van der Waals surface area contributed by atoms with Gasteiger partial charge in [0.15, 0.2) is 0 Å². The van der Waals surface area contributed by atoms with Crippen molar-refractivity contribution in [1.82, 2.24) is 9.80 Å². The third-order valence-corrected chi connectivity index (χ3v) is 5.93. The average Bonchev–Trinajstić information content (AvgIpc) is 3.15. The number of carbonyl (C=O) groups is 1. The molecule has 1 saturated heterocycles. The lowest BCUT2D eigenvalue weighted by molar-refractivity contribution is -0.139. The summed E-state index contributed by atoms with van der Waals surface area (Å²) in [5.74, 6) is 1.99. The van der Waals surface area contributed by atoms with Gasteiger partial charge in [0.25, 0.3) is 0 Å². The fourth-order valence-electron chi connectivity index (χ4n) is 4.23. The Balaban J connectivity index is 1.71. The zero-order valence-corrected chi connectivity index (χ0v) is 15.2. The van der Waals surface area contributed by atoms with Gasteiger partial charge in [-0.25, -0.2) is 0 Å². The molecule has 4 nitrogen and oxygen atoms in total. The van der Waals surface area contributed by atoms with Crippen LogP contribution in [0.4, 0.5) is 0 Å². The molecule has 132 valence electrons.